The van der Waals surface area contributed by atoms with Gasteiger partial charge in [-0.05, 0) is 18.3 Å². The summed E-state index contributed by atoms with van der Waals surface area (Å²) in [6.45, 7) is 8.61. The topological polar surface area (TPSA) is 86.7 Å². The van der Waals surface area contributed by atoms with Crippen LogP contribution in [0.5, 0.6) is 0 Å². The van der Waals surface area contributed by atoms with E-state index in [0.29, 0.717) is 12.3 Å². The van der Waals surface area contributed by atoms with E-state index >= 15 is 0 Å². The van der Waals surface area contributed by atoms with Crippen LogP contribution in [0.2, 0.25) is 0 Å². The highest BCUT2D eigenvalue weighted by atomic mass is 16.7. The summed E-state index contributed by atoms with van der Waals surface area (Å²) >= 11 is 0. The molecule has 0 aromatic carbocycles. The van der Waals surface area contributed by atoms with Gasteiger partial charge in [0, 0.05) is 19.8 Å². The molecule has 0 rings (SSSR count). The Morgan fingerprint density at radius 3 is 1.81 bits per heavy atom. The summed E-state index contributed by atoms with van der Waals surface area (Å²) in [4.78, 5) is 45.4. The first kappa shape index (κ1) is 19.3. The molecule has 1 unspecified atom stereocenters. The number of ether oxygens (including phenoxy) is 2. The SMILES string of the molecule is CC(=O)C(=O)OC(CC(C)C)OC(=O)C(=O)CCC(C)C. The molecule has 0 heterocycles. The van der Waals surface area contributed by atoms with E-state index in [1.165, 1.54) is 0 Å². The maximum absolute atomic E-state index is 11.7. The van der Waals surface area contributed by atoms with Gasteiger partial charge in [-0.3, -0.25) is 9.59 Å². The van der Waals surface area contributed by atoms with Crippen LogP contribution < -0.4 is 0 Å². The fourth-order valence-corrected chi connectivity index (χ4v) is 1.41. The van der Waals surface area contributed by atoms with Crippen LogP contribution >= 0.6 is 0 Å². The molecule has 0 radical (unpaired) electrons. The summed E-state index contributed by atoms with van der Waals surface area (Å²) in [6.07, 6.45) is -0.319. The summed E-state index contributed by atoms with van der Waals surface area (Å²) in [5.74, 6) is -3.19. The molecule has 120 valence electrons. The molecule has 0 aliphatic carbocycles. The average molecular weight is 300 g/mol. The van der Waals surface area contributed by atoms with E-state index in [1.54, 1.807) is 0 Å². The van der Waals surface area contributed by atoms with E-state index in [4.69, 9.17) is 9.47 Å². The van der Waals surface area contributed by atoms with Gasteiger partial charge in [-0.1, -0.05) is 27.7 Å². The van der Waals surface area contributed by atoms with Crippen molar-refractivity contribution in [3.8, 4) is 0 Å². The molecule has 0 fully saturated rings. The van der Waals surface area contributed by atoms with Gasteiger partial charge in [0.15, 0.2) is 0 Å². The molecular formula is C15H24O6. The molecule has 6 nitrogen and oxygen atoms in total. The van der Waals surface area contributed by atoms with E-state index in [2.05, 4.69) is 0 Å². The van der Waals surface area contributed by atoms with Gasteiger partial charge in [0.25, 0.3) is 0 Å². The zero-order valence-corrected chi connectivity index (χ0v) is 13.3. The predicted molar refractivity (Wildman–Crippen MR) is 75.2 cm³/mol. The summed E-state index contributed by atoms with van der Waals surface area (Å²) in [7, 11) is 0. The van der Waals surface area contributed by atoms with Gasteiger partial charge in [0.1, 0.15) is 0 Å². The third-order valence-corrected chi connectivity index (χ3v) is 2.60. The van der Waals surface area contributed by atoms with Gasteiger partial charge >= 0.3 is 11.9 Å². The Morgan fingerprint density at radius 1 is 0.857 bits per heavy atom. The molecule has 0 amide bonds. The lowest BCUT2D eigenvalue weighted by molar-refractivity contribution is -0.192. The maximum Gasteiger partial charge on any atom is 0.377 e. The highest BCUT2D eigenvalue weighted by Crippen LogP contribution is 2.12. The number of rotatable bonds is 9. The molecule has 0 saturated carbocycles. The van der Waals surface area contributed by atoms with Crippen molar-refractivity contribution >= 4 is 23.5 Å². The van der Waals surface area contributed by atoms with Gasteiger partial charge in [0.2, 0.25) is 17.9 Å². The van der Waals surface area contributed by atoms with Gasteiger partial charge < -0.3 is 9.47 Å². The highest BCUT2D eigenvalue weighted by molar-refractivity contribution is 6.34. The molecule has 0 aromatic rings. The summed E-state index contributed by atoms with van der Waals surface area (Å²) < 4.78 is 9.68. The predicted octanol–water partition coefficient (Wildman–Crippen LogP) is 2.04. The fraction of sp³-hybridized carbons (Fsp3) is 0.733. The molecule has 0 spiro atoms. The second kappa shape index (κ2) is 9.26. The van der Waals surface area contributed by atoms with E-state index in [0.717, 1.165) is 6.92 Å². The second-order valence-electron chi connectivity index (χ2n) is 5.78. The number of Topliss-reactive ketones (excluding diaryl/α,β-unsaturated/α-hetero) is 2. The number of hydrogen-bond donors (Lipinski definition) is 0. The Balaban J connectivity index is 4.57. The first-order valence-electron chi connectivity index (χ1n) is 7.08. The summed E-state index contributed by atoms with van der Waals surface area (Å²) in [5, 5.41) is 0. The number of hydrogen-bond acceptors (Lipinski definition) is 6. The minimum absolute atomic E-state index is 0.0633. The number of ketones is 2. The smallest absolute Gasteiger partial charge is 0.377 e. The van der Waals surface area contributed by atoms with Crippen LogP contribution in [0.1, 0.15) is 53.9 Å². The lowest BCUT2D eigenvalue weighted by atomic mass is 10.1. The molecule has 0 aliphatic rings. The Hall–Kier alpha value is -1.72. The standard InChI is InChI=1S/C15H24O6/c1-9(2)6-7-12(17)15(19)21-13(8-10(3)4)20-14(18)11(5)16/h9-10,13H,6-8H2,1-5H3. The Morgan fingerprint density at radius 2 is 1.38 bits per heavy atom. The van der Waals surface area contributed by atoms with E-state index in [-0.39, 0.29) is 18.8 Å². The Labute approximate surface area is 125 Å². The first-order chi connectivity index (χ1) is 9.63. The van der Waals surface area contributed by atoms with Crippen molar-refractivity contribution < 1.29 is 28.7 Å². The van der Waals surface area contributed by atoms with Crippen LogP contribution in [0.25, 0.3) is 0 Å². The number of esters is 2. The number of carbonyl (C=O) groups is 4. The third-order valence-electron chi connectivity index (χ3n) is 2.60. The minimum atomic E-state index is -1.21. The Bertz CT molecular complexity index is 397. The third kappa shape index (κ3) is 8.94. The Kier molecular flexibility index (Phi) is 8.50. The van der Waals surface area contributed by atoms with Gasteiger partial charge in [-0.15, -0.1) is 0 Å². The van der Waals surface area contributed by atoms with Crippen molar-refractivity contribution in [2.24, 2.45) is 11.8 Å². The van der Waals surface area contributed by atoms with Crippen molar-refractivity contribution in [3.05, 3.63) is 0 Å². The minimum Gasteiger partial charge on any atom is -0.419 e. The zero-order valence-electron chi connectivity index (χ0n) is 13.3. The largest absolute Gasteiger partial charge is 0.419 e. The summed E-state index contributed by atoms with van der Waals surface area (Å²) in [5.41, 5.74) is 0. The van der Waals surface area contributed by atoms with Crippen molar-refractivity contribution in [2.45, 2.75) is 60.2 Å². The fourth-order valence-electron chi connectivity index (χ4n) is 1.41. The van der Waals surface area contributed by atoms with Crippen LogP contribution in [0.3, 0.4) is 0 Å². The lowest BCUT2D eigenvalue weighted by Gasteiger charge is -2.19. The molecule has 0 aromatic heterocycles. The van der Waals surface area contributed by atoms with Crippen LogP contribution in [-0.2, 0) is 28.7 Å². The molecule has 21 heavy (non-hydrogen) atoms. The van der Waals surface area contributed by atoms with E-state index < -0.39 is 29.8 Å². The molecule has 0 bridgehead atoms. The first-order valence-corrected chi connectivity index (χ1v) is 7.08. The molecular weight excluding hydrogens is 276 g/mol. The van der Waals surface area contributed by atoms with Gasteiger partial charge in [-0.25, -0.2) is 9.59 Å². The van der Waals surface area contributed by atoms with Crippen molar-refractivity contribution in [3.63, 3.8) is 0 Å². The highest BCUT2D eigenvalue weighted by Gasteiger charge is 2.25. The summed E-state index contributed by atoms with van der Waals surface area (Å²) in [6, 6.07) is 0. The van der Waals surface area contributed by atoms with Gasteiger partial charge in [-0.2, -0.15) is 0 Å². The lowest BCUT2D eigenvalue weighted by Crippen LogP contribution is -2.31. The maximum atomic E-state index is 11.7. The van der Waals surface area contributed by atoms with Crippen LogP contribution in [0.4, 0.5) is 0 Å². The molecule has 0 aliphatic heterocycles. The zero-order chi connectivity index (χ0) is 16.6. The average Bonchev–Trinajstić information content (AvgIpc) is 2.34. The second-order valence-corrected chi connectivity index (χ2v) is 5.78. The van der Waals surface area contributed by atoms with Crippen LogP contribution in [0.15, 0.2) is 0 Å². The quantitative estimate of drug-likeness (QED) is 0.368. The van der Waals surface area contributed by atoms with E-state index in [1.807, 2.05) is 27.7 Å². The van der Waals surface area contributed by atoms with E-state index in [9.17, 15) is 19.2 Å². The van der Waals surface area contributed by atoms with Gasteiger partial charge in [0.05, 0.1) is 0 Å². The molecule has 0 saturated heterocycles. The number of carbonyl (C=O) groups excluding carboxylic acids is 4. The molecule has 1 atom stereocenters. The van der Waals surface area contributed by atoms with Crippen LogP contribution in [-0.4, -0.2) is 29.8 Å². The normalized spacial score (nSPS) is 12.1. The van der Waals surface area contributed by atoms with Crippen molar-refractivity contribution in [1.29, 1.82) is 0 Å². The van der Waals surface area contributed by atoms with Crippen molar-refractivity contribution in [1.82, 2.24) is 0 Å². The van der Waals surface area contributed by atoms with Crippen molar-refractivity contribution in [2.75, 3.05) is 0 Å². The molecule has 6 heteroatoms. The monoisotopic (exact) mass is 300 g/mol. The molecule has 0 N–H and O–H groups in total. The van der Waals surface area contributed by atoms with Crippen LogP contribution in [0, 0.1) is 11.8 Å².